The van der Waals surface area contributed by atoms with E-state index in [1.165, 1.54) is 7.11 Å². The van der Waals surface area contributed by atoms with Crippen molar-refractivity contribution in [1.29, 1.82) is 0 Å². The van der Waals surface area contributed by atoms with Gasteiger partial charge in [0, 0.05) is 11.3 Å². The van der Waals surface area contributed by atoms with Gasteiger partial charge >= 0.3 is 12.2 Å². The highest BCUT2D eigenvalue weighted by Gasteiger charge is 2.23. The molecule has 182 valence electrons. The van der Waals surface area contributed by atoms with Crippen LogP contribution in [0.15, 0.2) is 67.2 Å². The number of anilines is 1. The maximum atomic E-state index is 12.6. The average Bonchev–Trinajstić information content (AvgIpc) is 2.83. The molecular weight excluding hydrogens is 444 g/mol. The number of ether oxygens (including phenoxy) is 2. The first-order chi connectivity index (χ1) is 16.7. The monoisotopic (exact) mass is 474 g/mol. The van der Waals surface area contributed by atoms with Gasteiger partial charge in [0.25, 0.3) is 0 Å². The van der Waals surface area contributed by atoms with Gasteiger partial charge in [0.05, 0.1) is 24.5 Å². The highest BCUT2D eigenvalue weighted by molar-refractivity contribution is 5.85. The standard InChI is InChI=1S/C27H30N4O4/c1-6-22-21(19-12-14-20(15-13-19)28-25(32)34-5)17-24(31-30-22)23(16-18-10-8-7-9-11-18)29-26(33)35-27(2,3)4/h6-15,17,23H,1,16H2,2-5H3,(H,28,32)(H,29,33)/t23-/m0/s1. The summed E-state index contributed by atoms with van der Waals surface area (Å²) in [5, 5.41) is 14.3. The summed E-state index contributed by atoms with van der Waals surface area (Å²) in [6, 6.07) is 18.5. The summed E-state index contributed by atoms with van der Waals surface area (Å²) in [7, 11) is 1.31. The van der Waals surface area contributed by atoms with Gasteiger partial charge < -0.3 is 14.8 Å². The van der Waals surface area contributed by atoms with E-state index in [0.717, 1.165) is 16.7 Å². The Kier molecular flexibility index (Phi) is 8.20. The van der Waals surface area contributed by atoms with Gasteiger partial charge in [-0.2, -0.15) is 10.2 Å². The lowest BCUT2D eigenvalue weighted by Gasteiger charge is -2.24. The summed E-state index contributed by atoms with van der Waals surface area (Å²) in [5.41, 5.74) is 3.81. The largest absolute Gasteiger partial charge is 0.453 e. The zero-order chi connectivity index (χ0) is 25.4. The third-order valence-corrected chi connectivity index (χ3v) is 4.99. The quantitative estimate of drug-likeness (QED) is 0.450. The second kappa shape index (κ2) is 11.3. The van der Waals surface area contributed by atoms with Crippen molar-refractivity contribution < 1.29 is 19.1 Å². The van der Waals surface area contributed by atoms with E-state index in [1.54, 1.807) is 18.2 Å². The van der Waals surface area contributed by atoms with Crippen molar-refractivity contribution in [3.63, 3.8) is 0 Å². The van der Waals surface area contributed by atoms with Gasteiger partial charge in [0.2, 0.25) is 0 Å². The first kappa shape index (κ1) is 25.4. The second-order valence-corrected chi connectivity index (χ2v) is 8.85. The lowest BCUT2D eigenvalue weighted by Crippen LogP contribution is -2.36. The van der Waals surface area contributed by atoms with Crippen LogP contribution in [-0.2, 0) is 15.9 Å². The number of carbonyl (C=O) groups is 2. The molecular formula is C27H30N4O4. The van der Waals surface area contributed by atoms with E-state index in [9.17, 15) is 9.59 Å². The van der Waals surface area contributed by atoms with Crippen LogP contribution < -0.4 is 10.6 Å². The predicted molar refractivity (Wildman–Crippen MR) is 136 cm³/mol. The number of amides is 2. The number of hydrogen-bond donors (Lipinski definition) is 2. The zero-order valence-electron chi connectivity index (χ0n) is 20.4. The lowest BCUT2D eigenvalue weighted by atomic mass is 9.98. The molecule has 2 N–H and O–H groups in total. The van der Waals surface area contributed by atoms with Crippen LogP contribution in [0.3, 0.4) is 0 Å². The minimum atomic E-state index is -0.634. The average molecular weight is 475 g/mol. The number of alkyl carbamates (subject to hydrolysis) is 1. The molecule has 8 heteroatoms. The van der Waals surface area contributed by atoms with E-state index in [4.69, 9.17) is 4.74 Å². The van der Waals surface area contributed by atoms with Gasteiger partial charge in [-0.05, 0) is 62.6 Å². The van der Waals surface area contributed by atoms with Crippen molar-refractivity contribution in [2.45, 2.75) is 38.8 Å². The Balaban J connectivity index is 1.95. The molecule has 3 rings (SSSR count). The number of rotatable bonds is 7. The van der Waals surface area contributed by atoms with Gasteiger partial charge in [0.15, 0.2) is 0 Å². The normalized spacial score (nSPS) is 11.8. The van der Waals surface area contributed by atoms with E-state index in [1.807, 2.05) is 69.3 Å². The number of hydrogen-bond acceptors (Lipinski definition) is 6. The molecule has 0 unspecified atom stereocenters. The minimum absolute atomic E-state index is 0.474. The van der Waals surface area contributed by atoms with Crippen LogP contribution in [0.2, 0.25) is 0 Å². The van der Waals surface area contributed by atoms with E-state index in [-0.39, 0.29) is 0 Å². The van der Waals surface area contributed by atoms with Crippen molar-refractivity contribution in [3.8, 4) is 11.1 Å². The van der Waals surface area contributed by atoms with Gasteiger partial charge in [-0.3, -0.25) is 5.32 Å². The molecule has 0 aliphatic rings. The highest BCUT2D eigenvalue weighted by atomic mass is 16.6. The molecule has 0 spiro atoms. The number of aromatic nitrogens is 2. The smallest absolute Gasteiger partial charge is 0.411 e. The molecule has 0 aliphatic heterocycles. The molecule has 0 fully saturated rings. The summed E-state index contributed by atoms with van der Waals surface area (Å²) in [6.07, 6.45) is 1.05. The van der Waals surface area contributed by atoms with Gasteiger partial charge in [-0.25, -0.2) is 9.59 Å². The zero-order valence-corrected chi connectivity index (χ0v) is 20.4. The number of benzene rings is 2. The van der Waals surface area contributed by atoms with Gasteiger partial charge in [-0.15, -0.1) is 0 Å². The molecule has 1 aromatic heterocycles. The molecule has 0 bridgehead atoms. The number of methoxy groups -OCH3 is 1. The SMILES string of the molecule is C=Cc1nnc([C@H](Cc2ccccc2)NC(=O)OC(C)(C)C)cc1-c1ccc(NC(=O)OC)cc1. The van der Waals surface area contributed by atoms with Crippen molar-refractivity contribution in [3.05, 3.63) is 84.2 Å². The van der Waals surface area contributed by atoms with E-state index < -0.39 is 23.8 Å². The molecule has 8 nitrogen and oxygen atoms in total. The third-order valence-electron chi connectivity index (χ3n) is 4.99. The summed E-state index contributed by atoms with van der Waals surface area (Å²) in [6.45, 7) is 9.29. The summed E-state index contributed by atoms with van der Waals surface area (Å²) >= 11 is 0. The maximum absolute atomic E-state index is 12.6. The highest BCUT2D eigenvalue weighted by Crippen LogP contribution is 2.28. The molecule has 0 saturated heterocycles. The summed E-state index contributed by atoms with van der Waals surface area (Å²) in [4.78, 5) is 24.1. The van der Waals surface area contributed by atoms with Gasteiger partial charge in [-0.1, -0.05) is 49.0 Å². The molecule has 2 aromatic carbocycles. The van der Waals surface area contributed by atoms with Crippen LogP contribution in [-0.4, -0.2) is 35.1 Å². The molecule has 0 radical (unpaired) electrons. The lowest BCUT2D eigenvalue weighted by molar-refractivity contribution is 0.0502. The van der Waals surface area contributed by atoms with Crippen LogP contribution in [0.25, 0.3) is 17.2 Å². The van der Waals surface area contributed by atoms with Gasteiger partial charge in [0.1, 0.15) is 5.60 Å². The Morgan fingerprint density at radius 1 is 1.03 bits per heavy atom. The molecule has 3 aromatic rings. The van der Waals surface area contributed by atoms with E-state index in [2.05, 4.69) is 32.1 Å². The Morgan fingerprint density at radius 2 is 1.71 bits per heavy atom. The van der Waals surface area contributed by atoms with E-state index >= 15 is 0 Å². The van der Waals surface area contributed by atoms with Crippen molar-refractivity contribution in [2.24, 2.45) is 0 Å². The predicted octanol–water partition coefficient (Wildman–Crippen LogP) is 5.77. The minimum Gasteiger partial charge on any atom is -0.453 e. The second-order valence-electron chi connectivity index (χ2n) is 8.85. The molecule has 35 heavy (non-hydrogen) atoms. The van der Waals surface area contributed by atoms with Crippen molar-refractivity contribution in [1.82, 2.24) is 15.5 Å². The Labute approximate surface area is 205 Å². The first-order valence-electron chi connectivity index (χ1n) is 11.2. The molecule has 0 aliphatic carbocycles. The Hall–Kier alpha value is -4.20. The summed E-state index contributed by atoms with van der Waals surface area (Å²) in [5.74, 6) is 0. The number of carbonyl (C=O) groups excluding carboxylic acids is 2. The molecule has 1 atom stereocenters. The first-order valence-corrected chi connectivity index (χ1v) is 11.2. The van der Waals surface area contributed by atoms with Crippen LogP contribution in [0.1, 0.15) is 43.8 Å². The Morgan fingerprint density at radius 3 is 2.31 bits per heavy atom. The van der Waals surface area contributed by atoms with Crippen LogP contribution in [0.4, 0.5) is 15.3 Å². The van der Waals surface area contributed by atoms with Crippen LogP contribution >= 0.6 is 0 Å². The van der Waals surface area contributed by atoms with Crippen molar-refractivity contribution in [2.75, 3.05) is 12.4 Å². The summed E-state index contributed by atoms with van der Waals surface area (Å²) < 4.78 is 10.1. The fraction of sp³-hybridized carbons (Fsp3) is 0.259. The number of nitrogens with zero attached hydrogens (tertiary/aromatic N) is 2. The molecule has 0 saturated carbocycles. The maximum Gasteiger partial charge on any atom is 0.411 e. The third kappa shape index (κ3) is 7.40. The van der Waals surface area contributed by atoms with Crippen LogP contribution in [0.5, 0.6) is 0 Å². The fourth-order valence-electron chi connectivity index (χ4n) is 3.40. The topological polar surface area (TPSA) is 102 Å². The fourth-order valence-corrected chi connectivity index (χ4v) is 3.40. The van der Waals surface area contributed by atoms with Crippen LogP contribution in [0, 0.1) is 0 Å². The number of nitrogens with one attached hydrogen (secondary N) is 2. The molecule has 2 amide bonds. The van der Waals surface area contributed by atoms with E-state index in [0.29, 0.717) is 23.5 Å². The molecule has 1 heterocycles. The Bertz CT molecular complexity index is 1170. The van der Waals surface area contributed by atoms with Crippen molar-refractivity contribution >= 4 is 23.9 Å².